The fraction of sp³-hybridized carbons (Fsp3) is 0.333. The highest BCUT2D eigenvalue weighted by atomic mass is 32.1. The van der Waals surface area contributed by atoms with Crippen LogP contribution in [0.1, 0.15) is 29.6 Å². The summed E-state index contributed by atoms with van der Waals surface area (Å²) in [5.41, 5.74) is 1.93. The van der Waals surface area contributed by atoms with Gasteiger partial charge in [0.05, 0.1) is 6.04 Å². The van der Waals surface area contributed by atoms with Crippen LogP contribution in [0.5, 0.6) is 0 Å². The molecule has 1 atom stereocenters. The standard InChI is InChI=1S/C15H16N4S/c1-10-6-7-13(20-10)19-14-12(5-3-9-17-14)18-15(19)11-4-2-8-16-11/h3,5-7,9,11,16H,2,4,8H2,1H3. The number of aryl methyl sites for hydroxylation is 1. The molecule has 4 heterocycles. The second kappa shape index (κ2) is 4.68. The first kappa shape index (κ1) is 12.1. The lowest BCUT2D eigenvalue weighted by molar-refractivity contribution is 0.599. The van der Waals surface area contributed by atoms with E-state index in [1.807, 2.05) is 18.3 Å². The molecule has 4 rings (SSSR count). The molecule has 5 heteroatoms. The number of thiophene rings is 1. The van der Waals surface area contributed by atoms with Gasteiger partial charge in [0, 0.05) is 11.1 Å². The summed E-state index contributed by atoms with van der Waals surface area (Å²) in [6.07, 6.45) is 4.20. The van der Waals surface area contributed by atoms with E-state index in [0.29, 0.717) is 6.04 Å². The zero-order valence-electron chi connectivity index (χ0n) is 11.3. The molecule has 0 saturated carbocycles. The quantitative estimate of drug-likeness (QED) is 0.785. The van der Waals surface area contributed by atoms with Crippen LogP contribution in [0.2, 0.25) is 0 Å². The minimum atomic E-state index is 0.339. The number of imidazole rings is 1. The Labute approximate surface area is 121 Å². The van der Waals surface area contributed by atoms with E-state index in [4.69, 9.17) is 4.98 Å². The average molecular weight is 284 g/mol. The topological polar surface area (TPSA) is 42.7 Å². The van der Waals surface area contributed by atoms with Gasteiger partial charge in [0.1, 0.15) is 16.3 Å². The molecule has 3 aromatic heterocycles. The van der Waals surface area contributed by atoms with Gasteiger partial charge in [-0.3, -0.25) is 4.57 Å². The van der Waals surface area contributed by atoms with Crippen molar-refractivity contribution in [1.29, 1.82) is 0 Å². The van der Waals surface area contributed by atoms with Crippen LogP contribution >= 0.6 is 11.3 Å². The summed E-state index contributed by atoms with van der Waals surface area (Å²) in [6.45, 7) is 3.21. The summed E-state index contributed by atoms with van der Waals surface area (Å²) in [7, 11) is 0. The van der Waals surface area contributed by atoms with Crippen molar-refractivity contribution in [3.05, 3.63) is 41.2 Å². The lowest BCUT2D eigenvalue weighted by Crippen LogP contribution is -2.17. The van der Waals surface area contributed by atoms with Gasteiger partial charge in [-0.2, -0.15) is 0 Å². The molecule has 0 amide bonds. The Bertz CT molecular complexity index is 752. The van der Waals surface area contributed by atoms with Crippen molar-refractivity contribution in [3.8, 4) is 5.00 Å². The second-order valence-corrected chi connectivity index (χ2v) is 6.45. The summed E-state index contributed by atoms with van der Waals surface area (Å²) >= 11 is 1.79. The molecule has 0 spiro atoms. The molecule has 0 bridgehead atoms. The van der Waals surface area contributed by atoms with Gasteiger partial charge in [-0.25, -0.2) is 9.97 Å². The SMILES string of the molecule is Cc1ccc(-n2c(C3CCCN3)nc3cccnc32)s1. The van der Waals surface area contributed by atoms with Gasteiger partial charge in [-0.15, -0.1) is 11.3 Å². The van der Waals surface area contributed by atoms with Gasteiger partial charge < -0.3 is 5.32 Å². The van der Waals surface area contributed by atoms with Crippen LogP contribution in [0.25, 0.3) is 16.2 Å². The molecular weight excluding hydrogens is 268 g/mol. The van der Waals surface area contributed by atoms with Gasteiger partial charge in [-0.1, -0.05) is 0 Å². The van der Waals surface area contributed by atoms with Crippen molar-refractivity contribution in [2.45, 2.75) is 25.8 Å². The molecule has 3 aromatic rings. The number of hydrogen-bond acceptors (Lipinski definition) is 4. The fourth-order valence-electron chi connectivity index (χ4n) is 2.83. The number of aromatic nitrogens is 3. The third kappa shape index (κ3) is 1.85. The van der Waals surface area contributed by atoms with E-state index in [0.717, 1.165) is 30.0 Å². The van der Waals surface area contributed by atoms with Gasteiger partial charge in [-0.05, 0) is 50.6 Å². The van der Waals surface area contributed by atoms with Crippen LogP contribution in [0, 0.1) is 6.92 Å². The van der Waals surface area contributed by atoms with Crippen LogP contribution in [0.4, 0.5) is 0 Å². The van der Waals surface area contributed by atoms with Crippen LogP contribution in [0.15, 0.2) is 30.5 Å². The summed E-state index contributed by atoms with van der Waals surface area (Å²) in [6, 6.07) is 8.64. The van der Waals surface area contributed by atoms with Crippen molar-refractivity contribution in [1.82, 2.24) is 19.9 Å². The Hall–Kier alpha value is -1.72. The molecule has 0 aliphatic carbocycles. The highest BCUT2D eigenvalue weighted by Crippen LogP contribution is 2.31. The minimum absolute atomic E-state index is 0.339. The molecule has 1 fully saturated rings. The van der Waals surface area contributed by atoms with Crippen LogP contribution in [0.3, 0.4) is 0 Å². The molecule has 4 nitrogen and oxygen atoms in total. The van der Waals surface area contributed by atoms with E-state index in [1.54, 1.807) is 11.3 Å². The minimum Gasteiger partial charge on any atom is -0.307 e. The highest BCUT2D eigenvalue weighted by Gasteiger charge is 2.24. The molecule has 102 valence electrons. The molecule has 0 radical (unpaired) electrons. The van der Waals surface area contributed by atoms with Crippen molar-refractivity contribution < 1.29 is 0 Å². The zero-order chi connectivity index (χ0) is 13.5. The number of nitrogens with zero attached hydrogens (tertiary/aromatic N) is 3. The summed E-state index contributed by atoms with van der Waals surface area (Å²) in [4.78, 5) is 10.7. The summed E-state index contributed by atoms with van der Waals surface area (Å²) < 4.78 is 2.22. The molecule has 1 N–H and O–H groups in total. The van der Waals surface area contributed by atoms with Gasteiger partial charge in [0.2, 0.25) is 0 Å². The molecule has 1 aliphatic rings. The Kier molecular flexibility index (Phi) is 2.82. The molecule has 1 aliphatic heterocycles. The molecule has 0 aromatic carbocycles. The number of hydrogen-bond donors (Lipinski definition) is 1. The van der Waals surface area contributed by atoms with Crippen molar-refractivity contribution >= 4 is 22.5 Å². The predicted molar refractivity (Wildman–Crippen MR) is 81.5 cm³/mol. The molecule has 1 unspecified atom stereocenters. The van der Waals surface area contributed by atoms with E-state index >= 15 is 0 Å². The van der Waals surface area contributed by atoms with Crippen molar-refractivity contribution in [3.63, 3.8) is 0 Å². The highest BCUT2D eigenvalue weighted by molar-refractivity contribution is 7.14. The van der Waals surface area contributed by atoms with Crippen LogP contribution < -0.4 is 5.32 Å². The maximum Gasteiger partial charge on any atom is 0.165 e. The fourth-order valence-corrected chi connectivity index (χ4v) is 3.70. The normalized spacial score (nSPS) is 18.9. The first-order chi connectivity index (χ1) is 9.83. The van der Waals surface area contributed by atoms with E-state index < -0.39 is 0 Å². The maximum atomic E-state index is 4.82. The number of fused-ring (bicyclic) bond motifs is 1. The monoisotopic (exact) mass is 284 g/mol. The maximum absolute atomic E-state index is 4.82. The Morgan fingerprint density at radius 3 is 3.05 bits per heavy atom. The van der Waals surface area contributed by atoms with Gasteiger partial charge >= 0.3 is 0 Å². The Morgan fingerprint density at radius 1 is 1.35 bits per heavy atom. The molecule has 1 saturated heterocycles. The number of nitrogens with one attached hydrogen (secondary N) is 1. The lowest BCUT2D eigenvalue weighted by atomic mass is 10.2. The van der Waals surface area contributed by atoms with Gasteiger partial charge in [0.15, 0.2) is 5.65 Å². The average Bonchev–Trinajstić information content (AvgIpc) is 3.16. The van der Waals surface area contributed by atoms with E-state index in [-0.39, 0.29) is 0 Å². The van der Waals surface area contributed by atoms with Crippen molar-refractivity contribution in [2.75, 3.05) is 6.54 Å². The Morgan fingerprint density at radius 2 is 2.30 bits per heavy atom. The lowest BCUT2D eigenvalue weighted by Gasteiger charge is -2.12. The number of rotatable bonds is 2. The van der Waals surface area contributed by atoms with Crippen LogP contribution in [-0.4, -0.2) is 21.1 Å². The Balaban J connectivity index is 1.97. The third-order valence-electron chi connectivity index (χ3n) is 3.76. The number of pyridine rings is 1. The van der Waals surface area contributed by atoms with Gasteiger partial charge in [0.25, 0.3) is 0 Å². The smallest absolute Gasteiger partial charge is 0.165 e. The zero-order valence-corrected chi connectivity index (χ0v) is 12.2. The molecular formula is C15H16N4S. The summed E-state index contributed by atoms with van der Waals surface area (Å²) in [5, 5.41) is 4.75. The first-order valence-electron chi connectivity index (χ1n) is 6.96. The van der Waals surface area contributed by atoms with E-state index in [1.165, 1.54) is 16.3 Å². The van der Waals surface area contributed by atoms with E-state index in [2.05, 4.69) is 33.9 Å². The predicted octanol–water partition coefficient (Wildman–Crippen LogP) is 3.21. The first-order valence-corrected chi connectivity index (χ1v) is 7.78. The summed E-state index contributed by atoms with van der Waals surface area (Å²) in [5.74, 6) is 1.10. The largest absolute Gasteiger partial charge is 0.307 e. The second-order valence-electron chi connectivity index (χ2n) is 5.18. The third-order valence-corrected chi connectivity index (χ3v) is 4.75. The van der Waals surface area contributed by atoms with Crippen LogP contribution in [-0.2, 0) is 0 Å². The van der Waals surface area contributed by atoms with E-state index in [9.17, 15) is 0 Å². The van der Waals surface area contributed by atoms with Crippen molar-refractivity contribution in [2.24, 2.45) is 0 Å². The molecule has 20 heavy (non-hydrogen) atoms.